The van der Waals surface area contributed by atoms with Crippen LogP contribution >= 0.6 is 11.8 Å². The van der Waals surface area contributed by atoms with E-state index in [4.69, 9.17) is 4.42 Å². The minimum Gasteiger partial charge on any atom is -0.467 e. The standard InChI is InChI=1S/C23H22N4O4S2/c1-17-9-11-20(12-10-17)33(29,30)16-21-25-26-23(27(21)18-6-3-2-4-7-18)32-15-22(28)24-14-19-8-5-13-31-19/h2-13H,14-16H2,1H3,(H,24,28). The zero-order valence-corrected chi connectivity index (χ0v) is 19.5. The largest absolute Gasteiger partial charge is 0.467 e. The summed E-state index contributed by atoms with van der Waals surface area (Å²) < 4.78 is 32.9. The van der Waals surface area contributed by atoms with Gasteiger partial charge in [-0.25, -0.2) is 8.42 Å². The molecule has 0 bridgehead atoms. The summed E-state index contributed by atoms with van der Waals surface area (Å²) in [5, 5.41) is 11.5. The summed E-state index contributed by atoms with van der Waals surface area (Å²) in [6, 6.07) is 19.5. The third kappa shape index (κ3) is 5.71. The van der Waals surface area contributed by atoms with Crippen LogP contribution in [0.1, 0.15) is 17.1 Å². The Morgan fingerprint density at radius 2 is 1.79 bits per heavy atom. The van der Waals surface area contributed by atoms with Crippen molar-refractivity contribution >= 4 is 27.5 Å². The predicted molar refractivity (Wildman–Crippen MR) is 125 cm³/mol. The minimum atomic E-state index is -3.63. The van der Waals surface area contributed by atoms with E-state index >= 15 is 0 Å². The van der Waals surface area contributed by atoms with Crippen molar-refractivity contribution in [3.8, 4) is 5.69 Å². The van der Waals surface area contributed by atoms with Gasteiger partial charge in [0.1, 0.15) is 11.5 Å². The van der Waals surface area contributed by atoms with Crippen LogP contribution in [0.3, 0.4) is 0 Å². The van der Waals surface area contributed by atoms with Crippen LogP contribution in [-0.2, 0) is 26.9 Å². The quantitative estimate of drug-likeness (QED) is 0.364. The number of aryl methyl sites for hydroxylation is 1. The first-order valence-electron chi connectivity index (χ1n) is 10.1. The highest BCUT2D eigenvalue weighted by atomic mass is 32.2. The lowest BCUT2D eigenvalue weighted by atomic mass is 10.2. The Labute approximate surface area is 196 Å². The van der Waals surface area contributed by atoms with E-state index < -0.39 is 9.84 Å². The highest BCUT2D eigenvalue weighted by Gasteiger charge is 2.23. The fourth-order valence-corrected chi connectivity index (χ4v) is 5.15. The van der Waals surface area contributed by atoms with Crippen molar-refractivity contribution in [3.05, 3.63) is 90.1 Å². The monoisotopic (exact) mass is 482 g/mol. The fourth-order valence-electron chi connectivity index (χ4n) is 3.10. The Morgan fingerprint density at radius 3 is 2.48 bits per heavy atom. The zero-order valence-electron chi connectivity index (χ0n) is 17.8. The van der Waals surface area contributed by atoms with Crippen molar-refractivity contribution in [2.24, 2.45) is 0 Å². The van der Waals surface area contributed by atoms with Gasteiger partial charge >= 0.3 is 0 Å². The Balaban J connectivity index is 1.54. The van der Waals surface area contributed by atoms with Gasteiger partial charge in [0, 0.05) is 5.69 Å². The van der Waals surface area contributed by atoms with Gasteiger partial charge in [0.2, 0.25) is 5.91 Å². The summed E-state index contributed by atoms with van der Waals surface area (Å²) in [4.78, 5) is 12.5. The van der Waals surface area contributed by atoms with E-state index in [-0.39, 0.29) is 34.7 Å². The van der Waals surface area contributed by atoms with Crippen LogP contribution in [0, 0.1) is 6.92 Å². The van der Waals surface area contributed by atoms with Crippen molar-refractivity contribution in [1.82, 2.24) is 20.1 Å². The van der Waals surface area contributed by atoms with Gasteiger partial charge in [-0.2, -0.15) is 0 Å². The molecule has 8 nitrogen and oxygen atoms in total. The van der Waals surface area contributed by atoms with Crippen molar-refractivity contribution in [2.75, 3.05) is 5.75 Å². The lowest BCUT2D eigenvalue weighted by molar-refractivity contribution is -0.118. The van der Waals surface area contributed by atoms with Crippen LogP contribution in [0.5, 0.6) is 0 Å². The molecule has 33 heavy (non-hydrogen) atoms. The molecule has 4 aromatic rings. The predicted octanol–water partition coefficient (Wildman–Crippen LogP) is 3.55. The molecule has 0 unspecified atom stereocenters. The zero-order chi connectivity index (χ0) is 23.3. The second-order valence-electron chi connectivity index (χ2n) is 7.29. The number of benzene rings is 2. The average Bonchev–Trinajstić information content (AvgIpc) is 3.47. The number of amides is 1. The Bertz CT molecular complexity index is 1320. The molecular weight excluding hydrogens is 460 g/mol. The summed E-state index contributed by atoms with van der Waals surface area (Å²) in [6.45, 7) is 2.19. The molecule has 0 saturated heterocycles. The van der Waals surface area contributed by atoms with Crippen molar-refractivity contribution in [3.63, 3.8) is 0 Å². The maximum atomic E-state index is 13.0. The summed E-state index contributed by atoms with van der Waals surface area (Å²) in [7, 11) is -3.63. The van der Waals surface area contributed by atoms with Crippen LogP contribution in [0.4, 0.5) is 0 Å². The number of carbonyl (C=O) groups is 1. The van der Waals surface area contributed by atoms with E-state index in [0.29, 0.717) is 10.9 Å². The van der Waals surface area contributed by atoms with Crippen LogP contribution in [0.15, 0.2) is 87.5 Å². The molecule has 4 rings (SSSR count). The molecule has 0 aliphatic heterocycles. The number of para-hydroxylation sites is 1. The fraction of sp³-hybridized carbons (Fsp3) is 0.174. The van der Waals surface area contributed by atoms with Gasteiger partial charge in [-0.05, 0) is 43.3 Å². The van der Waals surface area contributed by atoms with Gasteiger partial charge in [0.15, 0.2) is 20.8 Å². The van der Waals surface area contributed by atoms with Gasteiger partial charge in [0.05, 0.1) is 23.5 Å². The van der Waals surface area contributed by atoms with Gasteiger partial charge in [-0.1, -0.05) is 47.7 Å². The van der Waals surface area contributed by atoms with E-state index in [1.54, 1.807) is 47.2 Å². The van der Waals surface area contributed by atoms with E-state index in [1.165, 1.54) is 11.8 Å². The van der Waals surface area contributed by atoms with Gasteiger partial charge in [0.25, 0.3) is 0 Å². The second-order valence-corrected chi connectivity index (χ2v) is 10.2. The third-order valence-corrected chi connectivity index (χ3v) is 7.34. The van der Waals surface area contributed by atoms with Crippen LogP contribution < -0.4 is 5.32 Å². The van der Waals surface area contributed by atoms with E-state index in [1.807, 2.05) is 37.3 Å². The number of nitrogens with zero attached hydrogens (tertiary/aromatic N) is 3. The molecule has 1 N–H and O–H groups in total. The third-order valence-electron chi connectivity index (χ3n) is 4.79. The molecule has 2 aromatic carbocycles. The van der Waals surface area contributed by atoms with Crippen molar-refractivity contribution < 1.29 is 17.6 Å². The molecule has 0 radical (unpaired) electrons. The molecule has 2 heterocycles. The lowest BCUT2D eigenvalue weighted by Crippen LogP contribution is -2.24. The van der Waals surface area contributed by atoms with E-state index in [0.717, 1.165) is 11.3 Å². The van der Waals surface area contributed by atoms with E-state index in [2.05, 4.69) is 15.5 Å². The number of hydrogen-bond donors (Lipinski definition) is 1. The first-order chi connectivity index (χ1) is 15.9. The summed E-state index contributed by atoms with van der Waals surface area (Å²) in [6.07, 6.45) is 1.55. The molecule has 170 valence electrons. The average molecular weight is 483 g/mol. The maximum Gasteiger partial charge on any atom is 0.230 e. The number of aromatic nitrogens is 3. The second kappa shape index (κ2) is 10.1. The number of carbonyl (C=O) groups excluding carboxylic acids is 1. The molecule has 0 aliphatic carbocycles. The highest BCUT2D eigenvalue weighted by molar-refractivity contribution is 7.99. The molecule has 2 aromatic heterocycles. The minimum absolute atomic E-state index is 0.0936. The van der Waals surface area contributed by atoms with Crippen LogP contribution in [0.25, 0.3) is 5.69 Å². The SMILES string of the molecule is Cc1ccc(S(=O)(=O)Cc2nnc(SCC(=O)NCc3ccco3)n2-c2ccccc2)cc1. The maximum absolute atomic E-state index is 13.0. The van der Waals surface area contributed by atoms with Crippen LogP contribution in [0.2, 0.25) is 0 Å². The first-order valence-corrected chi connectivity index (χ1v) is 12.8. The van der Waals surface area contributed by atoms with Crippen LogP contribution in [-0.4, -0.2) is 34.8 Å². The molecule has 0 spiro atoms. The summed E-state index contributed by atoms with van der Waals surface area (Å²) in [5.41, 5.74) is 1.69. The molecule has 1 amide bonds. The topological polar surface area (TPSA) is 107 Å². The number of rotatable bonds is 9. The number of nitrogens with one attached hydrogen (secondary N) is 1. The highest BCUT2D eigenvalue weighted by Crippen LogP contribution is 2.25. The summed E-state index contributed by atoms with van der Waals surface area (Å²) in [5.74, 6) is 0.511. The van der Waals surface area contributed by atoms with Crippen molar-refractivity contribution in [2.45, 2.75) is 29.3 Å². The van der Waals surface area contributed by atoms with Crippen molar-refractivity contribution in [1.29, 1.82) is 0 Å². The number of hydrogen-bond acceptors (Lipinski definition) is 7. The number of furan rings is 1. The van der Waals surface area contributed by atoms with Gasteiger partial charge < -0.3 is 9.73 Å². The molecule has 0 atom stereocenters. The normalized spacial score (nSPS) is 11.4. The Kier molecular flexibility index (Phi) is 6.95. The summed E-state index contributed by atoms with van der Waals surface area (Å²) >= 11 is 1.18. The molecule has 0 aliphatic rings. The first kappa shape index (κ1) is 22.8. The lowest BCUT2D eigenvalue weighted by Gasteiger charge is -2.11. The van der Waals surface area contributed by atoms with Gasteiger partial charge in [-0.3, -0.25) is 9.36 Å². The van der Waals surface area contributed by atoms with Gasteiger partial charge in [-0.15, -0.1) is 10.2 Å². The molecule has 10 heteroatoms. The number of sulfone groups is 1. The number of thioether (sulfide) groups is 1. The van der Waals surface area contributed by atoms with E-state index in [9.17, 15) is 13.2 Å². The Morgan fingerprint density at radius 1 is 1.03 bits per heavy atom. The molecule has 0 fully saturated rings. The molecular formula is C23H22N4O4S2. The smallest absolute Gasteiger partial charge is 0.230 e. The molecule has 0 saturated carbocycles. The Hall–Kier alpha value is -3.37.